The molecule has 0 spiro atoms. The largest absolute Gasteiger partial charge is 0.393 e. The van der Waals surface area contributed by atoms with Crippen molar-refractivity contribution in [2.75, 3.05) is 18.0 Å². The fourth-order valence-corrected chi connectivity index (χ4v) is 1.79. The summed E-state index contributed by atoms with van der Waals surface area (Å²) in [5.41, 5.74) is 5.42. The van der Waals surface area contributed by atoms with Crippen LogP contribution in [0.1, 0.15) is 33.2 Å². The number of aromatic nitrogens is 2. The maximum absolute atomic E-state index is 12.3. The molecule has 0 aromatic carbocycles. The van der Waals surface area contributed by atoms with Crippen LogP contribution in [-0.2, 0) is 0 Å². The van der Waals surface area contributed by atoms with Gasteiger partial charge in [-0.25, -0.2) is 4.98 Å². The third-order valence-corrected chi connectivity index (χ3v) is 2.92. The van der Waals surface area contributed by atoms with E-state index >= 15 is 0 Å². The monoisotopic (exact) mass is 268 g/mol. The van der Waals surface area contributed by atoms with Crippen molar-refractivity contribution in [3.63, 3.8) is 0 Å². The highest BCUT2D eigenvalue weighted by Crippen LogP contribution is 2.07. The first-order valence-electron chi connectivity index (χ1n) is 6.07. The molecule has 0 saturated heterocycles. The van der Waals surface area contributed by atoms with Crippen molar-refractivity contribution in [3.8, 4) is 0 Å². The molecular weight excluding hydrogens is 248 g/mol. The molecule has 0 aliphatic heterocycles. The molecule has 0 atom stereocenters. The van der Waals surface area contributed by atoms with Crippen molar-refractivity contribution in [1.82, 2.24) is 9.55 Å². The summed E-state index contributed by atoms with van der Waals surface area (Å²) in [5.74, 6) is 0.463. The van der Waals surface area contributed by atoms with Gasteiger partial charge in [-0.3, -0.25) is 4.79 Å². The molecule has 0 amide bonds. The minimum absolute atomic E-state index is 0.0720. The second kappa shape index (κ2) is 6.49. The molecule has 0 aliphatic rings. The van der Waals surface area contributed by atoms with Gasteiger partial charge >= 0.3 is 0 Å². The molecule has 1 rings (SSSR count). The summed E-state index contributed by atoms with van der Waals surface area (Å²) >= 11 is 4.86. The number of thiocarbonyl (C=S) groups is 1. The van der Waals surface area contributed by atoms with E-state index < -0.39 is 0 Å². The first-order valence-corrected chi connectivity index (χ1v) is 6.48. The van der Waals surface area contributed by atoms with Gasteiger partial charge in [0.25, 0.3) is 5.56 Å². The van der Waals surface area contributed by atoms with Crippen molar-refractivity contribution in [2.24, 2.45) is 5.73 Å². The molecule has 6 heteroatoms. The average molecular weight is 268 g/mol. The van der Waals surface area contributed by atoms with Crippen molar-refractivity contribution < 1.29 is 0 Å². The Labute approximate surface area is 113 Å². The van der Waals surface area contributed by atoms with Crippen LogP contribution < -0.4 is 16.2 Å². The highest BCUT2D eigenvalue weighted by atomic mass is 32.1. The van der Waals surface area contributed by atoms with Crippen LogP contribution in [0.2, 0.25) is 0 Å². The van der Waals surface area contributed by atoms with E-state index in [9.17, 15) is 4.79 Å². The molecular formula is C12H20N4OS. The van der Waals surface area contributed by atoms with Crippen LogP contribution in [0, 0.1) is 0 Å². The van der Waals surface area contributed by atoms with Gasteiger partial charge in [-0.1, -0.05) is 12.2 Å². The average Bonchev–Trinajstić information content (AvgIpc) is 2.31. The molecule has 0 bridgehead atoms. The number of anilines is 1. The van der Waals surface area contributed by atoms with Crippen LogP contribution >= 0.6 is 12.2 Å². The normalized spacial score (nSPS) is 10.7. The van der Waals surface area contributed by atoms with E-state index in [1.54, 1.807) is 17.0 Å². The van der Waals surface area contributed by atoms with Crippen molar-refractivity contribution in [3.05, 3.63) is 22.7 Å². The fourth-order valence-electron chi connectivity index (χ4n) is 1.70. The van der Waals surface area contributed by atoms with Crippen LogP contribution in [0.3, 0.4) is 0 Å². The van der Waals surface area contributed by atoms with E-state index in [-0.39, 0.29) is 11.6 Å². The zero-order valence-electron chi connectivity index (χ0n) is 11.1. The quantitative estimate of drug-likeness (QED) is 0.788. The number of nitrogens with zero attached hydrogens (tertiary/aromatic N) is 3. The van der Waals surface area contributed by atoms with Crippen LogP contribution in [0.15, 0.2) is 17.2 Å². The molecule has 1 heterocycles. The summed E-state index contributed by atoms with van der Waals surface area (Å²) in [4.78, 5) is 18.8. The maximum Gasteiger partial charge on any atom is 0.293 e. The lowest BCUT2D eigenvalue weighted by atomic mass is 10.3. The SMILES string of the molecule is CCN(CCC(N)=S)c1nccn(C(C)C)c1=O. The zero-order chi connectivity index (χ0) is 13.7. The predicted octanol–water partition coefficient (Wildman–Crippen LogP) is 1.33. The van der Waals surface area contributed by atoms with Crippen LogP contribution in [0.4, 0.5) is 5.82 Å². The molecule has 100 valence electrons. The topological polar surface area (TPSA) is 64.2 Å². The zero-order valence-corrected chi connectivity index (χ0v) is 11.9. The molecule has 0 fully saturated rings. The lowest BCUT2D eigenvalue weighted by Crippen LogP contribution is -2.35. The minimum atomic E-state index is -0.0720. The Hall–Kier alpha value is -1.43. The van der Waals surface area contributed by atoms with Gasteiger partial charge in [-0.05, 0) is 20.8 Å². The molecule has 0 unspecified atom stereocenters. The summed E-state index contributed by atoms with van der Waals surface area (Å²) in [6.07, 6.45) is 3.94. The van der Waals surface area contributed by atoms with Gasteiger partial charge in [-0.2, -0.15) is 0 Å². The Morgan fingerprint density at radius 2 is 2.28 bits per heavy atom. The number of nitrogens with two attached hydrogens (primary N) is 1. The van der Waals surface area contributed by atoms with Crippen LogP contribution in [0.25, 0.3) is 0 Å². The van der Waals surface area contributed by atoms with Crippen LogP contribution in [-0.4, -0.2) is 27.6 Å². The molecule has 0 radical (unpaired) electrons. The summed E-state index contributed by atoms with van der Waals surface area (Å²) in [7, 11) is 0. The Bertz CT molecular complexity index is 469. The molecule has 18 heavy (non-hydrogen) atoms. The van der Waals surface area contributed by atoms with Crippen molar-refractivity contribution in [2.45, 2.75) is 33.2 Å². The summed E-state index contributed by atoms with van der Waals surface area (Å²) in [6.45, 7) is 7.24. The number of hydrogen-bond acceptors (Lipinski definition) is 4. The van der Waals surface area contributed by atoms with Gasteiger partial charge in [0, 0.05) is 37.9 Å². The first kappa shape index (κ1) is 14.6. The Kier molecular flexibility index (Phi) is 5.27. The lowest BCUT2D eigenvalue weighted by molar-refractivity contribution is 0.571. The van der Waals surface area contributed by atoms with Gasteiger partial charge in [0.15, 0.2) is 5.82 Å². The maximum atomic E-state index is 12.3. The van der Waals surface area contributed by atoms with Gasteiger partial charge in [0.2, 0.25) is 0 Å². The highest BCUT2D eigenvalue weighted by molar-refractivity contribution is 7.80. The second-order valence-electron chi connectivity index (χ2n) is 4.35. The van der Waals surface area contributed by atoms with Gasteiger partial charge < -0.3 is 15.2 Å². The smallest absolute Gasteiger partial charge is 0.293 e. The number of hydrogen-bond donors (Lipinski definition) is 1. The van der Waals surface area contributed by atoms with E-state index in [0.717, 1.165) is 0 Å². The van der Waals surface area contributed by atoms with Crippen molar-refractivity contribution in [1.29, 1.82) is 0 Å². The third kappa shape index (κ3) is 3.53. The van der Waals surface area contributed by atoms with E-state index in [1.165, 1.54) is 0 Å². The lowest BCUT2D eigenvalue weighted by Gasteiger charge is -2.22. The number of rotatable bonds is 6. The third-order valence-electron chi connectivity index (χ3n) is 2.72. The highest BCUT2D eigenvalue weighted by Gasteiger charge is 2.13. The van der Waals surface area contributed by atoms with Crippen molar-refractivity contribution >= 4 is 23.0 Å². The first-order chi connectivity index (χ1) is 8.47. The fraction of sp³-hybridized carbons (Fsp3) is 0.583. The summed E-state index contributed by atoms with van der Waals surface area (Å²) in [6, 6.07) is 0.119. The van der Waals surface area contributed by atoms with E-state index in [0.29, 0.717) is 30.3 Å². The molecule has 0 aliphatic carbocycles. The second-order valence-corrected chi connectivity index (χ2v) is 4.88. The summed E-state index contributed by atoms with van der Waals surface area (Å²) < 4.78 is 1.67. The van der Waals surface area contributed by atoms with E-state index in [2.05, 4.69) is 4.98 Å². The van der Waals surface area contributed by atoms with Crippen LogP contribution in [0.5, 0.6) is 0 Å². The standard InChI is InChI=1S/C12H20N4OS/c1-4-15(7-5-10(13)18)11-12(17)16(9(2)3)8-6-14-11/h6,8-9H,4-5,7H2,1-3H3,(H2,13,18). The van der Waals surface area contributed by atoms with E-state index in [1.807, 2.05) is 25.7 Å². The Morgan fingerprint density at radius 1 is 1.61 bits per heavy atom. The Morgan fingerprint density at radius 3 is 2.78 bits per heavy atom. The molecule has 2 N–H and O–H groups in total. The summed E-state index contributed by atoms with van der Waals surface area (Å²) in [5, 5.41) is 0. The molecule has 0 saturated carbocycles. The minimum Gasteiger partial charge on any atom is -0.393 e. The molecule has 1 aromatic heterocycles. The van der Waals surface area contributed by atoms with Gasteiger partial charge in [0.1, 0.15) is 0 Å². The predicted molar refractivity (Wildman–Crippen MR) is 78.2 cm³/mol. The molecule has 5 nitrogen and oxygen atoms in total. The van der Waals surface area contributed by atoms with E-state index in [4.69, 9.17) is 18.0 Å². The van der Waals surface area contributed by atoms with Gasteiger partial charge in [0.05, 0.1) is 4.99 Å². The molecule has 1 aromatic rings. The Balaban J connectivity index is 3.03. The van der Waals surface area contributed by atoms with Gasteiger partial charge in [-0.15, -0.1) is 0 Å².